The molecule has 17 heavy (non-hydrogen) atoms. The van der Waals surface area contributed by atoms with E-state index in [-0.39, 0.29) is 31.0 Å². The molecular formula is C7H8F3N2NaO3S. The van der Waals surface area contributed by atoms with Gasteiger partial charge in [-0.15, -0.1) is 0 Å². The summed E-state index contributed by atoms with van der Waals surface area (Å²) in [6.45, 7) is 0. The zero-order chi connectivity index (χ0) is 12.3. The molecule has 0 aliphatic carbocycles. The Labute approximate surface area is 119 Å². The number of alkyl halides is 3. The molecule has 0 spiro atoms. The smallest absolute Gasteiger partial charge is 1.00 e. The molecule has 0 saturated carbocycles. The molecule has 0 saturated heterocycles. The third-order valence-electron chi connectivity index (χ3n) is 1.44. The molecule has 0 amide bonds. The second-order valence-corrected chi connectivity index (χ2v) is 4.13. The zero-order valence-corrected chi connectivity index (χ0v) is 11.5. The summed E-state index contributed by atoms with van der Waals surface area (Å²) < 4.78 is 62.2. The van der Waals surface area contributed by atoms with E-state index in [1.54, 1.807) is 0 Å². The van der Waals surface area contributed by atoms with Gasteiger partial charge in [0.05, 0.1) is 0 Å². The van der Waals surface area contributed by atoms with Gasteiger partial charge in [-0.05, 0) is 12.1 Å². The summed E-state index contributed by atoms with van der Waals surface area (Å²) in [5, 5.41) is 3.94. The molecule has 1 aromatic rings. The topological polar surface area (TPSA) is 82.3 Å². The monoisotopic (exact) mass is 280 g/mol. The van der Waals surface area contributed by atoms with Crippen molar-refractivity contribution >= 4 is 10.0 Å². The summed E-state index contributed by atoms with van der Waals surface area (Å²) in [5.41, 5.74) is 0. The molecule has 1 atom stereocenters. The summed E-state index contributed by atoms with van der Waals surface area (Å²) >= 11 is 0. The first-order valence-electron chi connectivity index (χ1n) is 3.89. The van der Waals surface area contributed by atoms with Gasteiger partial charge in [-0.1, -0.05) is 0 Å². The Bertz CT molecular complexity index is 477. The number of nitrogens with zero attached hydrogens (tertiary/aromatic N) is 1. The van der Waals surface area contributed by atoms with Gasteiger partial charge in [0.25, 0.3) is 16.4 Å². The van der Waals surface area contributed by atoms with E-state index in [2.05, 4.69) is 9.72 Å². The maximum atomic E-state index is 12.5. The van der Waals surface area contributed by atoms with Crippen molar-refractivity contribution in [2.24, 2.45) is 5.14 Å². The van der Waals surface area contributed by atoms with Crippen molar-refractivity contribution in [1.29, 1.82) is 0 Å². The molecular weight excluding hydrogens is 272 g/mol. The largest absolute Gasteiger partial charge is 1.00 e. The molecule has 0 aliphatic heterocycles. The quantitative estimate of drug-likeness (QED) is 0.634. The first-order valence-corrected chi connectivity index (χ1v) is 5.43. The van der Waals surface area contributed by atoms with E-state index in [0.29, 0.717) is 0 Å². The molecule has 1 unspecified atom stereocenters. The molecule has 2 N–H and O–H groups in total. The average molecular weight is 280 g/mol. The fourth-order valence-electron chi connectivity index (χ4n) is 0.852. The van der Waals surface area contributed by atoms with Crippen molar-refractivity contribution < 1.29 is 57.3 Å². The van der Waals surface area contributed by atoms with Crippen molar-refractivity contribution in [2.45, 2.75) is 17.8 Å². The molecule has 1 heterocycles. The summed E-state index contributed by atoms with van der Waals surface area (Å²) in [4.78, 5) is 3.31. The van der Waals surface area contributed by atoms with Gasteiger partial charge in [0, 0.05) is 6.20 Å². The van der Waals surface area contributed by atoms with E-state index >= 15 is 0 Å². The van der Waals surface area contributed by atoms with Crippen LogP contribution in [0.1, 0.15) is 1.43 Å². The number of sulfonamides is 1. The van der Waals surface area contributed by atoms with E-state index in [9.17, 15) is 21.6 Å². The van der Waals surface area contributed by atoms with E-state index in [4.69, 9.17) is 5.14 Å². The Morgan fingerprint density at radius 3 is 2.47 bits per heavy atom. The predicted molar refractivity (Wildman–Crippen MR) is 48.3 cm³/mol. The number of hydrogen-bond acceptors (Lipinski definition) is 4. The van der Waals surface area contributed by atoms with Crippen LogP contribution in [0.25, 0.3) is 0 Å². The Hall–Kier alpha value is -0.350. The molecule has 0 fully saturated rings. The number of halogens is 3. The van der Waals surface area contributed by atoms with Crippen LogP contribution in [0.3, 0.4) is 0 Å². The van der Waals surface area contributed by atoms with Crippen LogP contribution in [0.5, 0.6) is 5.75 Å². The number of nitrogens with two attached hydrogens (primary N) is 1. The van der Waals surface area contributed by atoms with Crippen LogP contribution in [-0.4, -0.2) is 26.2 Å². The Morgan fingerprint density at radius 2 is 2.00 bits per heavy atom. The Balaban J connectivity index is 0. The number of aromatic nitrogens is 1. The van der Waals surface area contributed by atoms with Crippen molar-refractivity contribution in [2.75, 3.05) is 0 Å². The summed E-state index contributed by atoms with van der Waals surface area (Å²) in [6, 6.07) is 2.17. The van der Waals surface area contributed by atoms with E-state index in [1.807, 2.05) is 0 Å². The summed E-state index contributed by atoms with van der Waals surface area (Å²) in [6.07, 6.45) is -5.28. The van der Waals surface area contributed by atoms with E-state index < -0.39 is 33.6 Å². The van der Waals surface area contributed by atoms with Crippen LogP contribution >= 0.6 is 0 Å². The molecule has 0 bridgehead atoms. The van der Waals surface area contributed by atoms with Crippen LogP contribution in [-0.2, 0) is 10.0 Å². The standard InChI is InChI=1S/C7H7F3N2O3S.Na.H/c8-5(9)6(10)15-4-2-1-3-12-7(4)16(11,13)14;;/h1-3,5-6H,(H2,11,13,14);;/q;+1;-1. The normalized spacial score (nSPS) is 13.0. The van der Waals surface area contributed by atoms with Crippen LogP contribution in [0, 0.1) is 0 Å². The number of primary sulfonamides is 1. The minimum Gasteiger partial charge on any atom is -1.00 e. The maximum absolute atomic E-state index is 12.5. The molecule has 10 heteroatoms. The minimum atomic E-state index is -4.25. The molecule has 0 aliphatic rings. The van der Waals surface area contributed by atoms with Crippen molar-refractivity contribution in [1.82, 2.24) is 4.98 Å². The first-order chi connectivity index (χ1) is 7.32. The summed E-state index contributed by atoms with van der Waals surface area (Å²) in [7, 11) is -4.25. The molecule has 92 valence electrons. The van der Waals surface area contributed by atoms with Gasteiger partial charge in [0.1, 0.15) is 0 Å². The van der Waals surface area contributed by atoms with Gasteiger partial charge >= 0.3 is 36.0 Å². The number of hydrogen-bond donors (Lipinski definition) is 1. The average Bonchev–Trinajstić information content (AvgIpc) is 2.16. The number of ether oxygens (including phenoxy) is 1. The van der Waals surface area contributed by atoms with Gasteiger partial charge < -0.3 is 6.16 Å². The van der Waals surface area contributed by atoms with Crippen molar-refractivity contribution in [3.63, 3.8) is 0 Å². The van der Waals surface area contributed by atoms with Crippen LogP contribution in [0.15, 0.2) is 23.4 Å². The Kier molecular flexibility index (Phi) is 6.41. The summed E-state index contributed by atoms with van der Waals surface area (Å²) in [5.74, 6) is -0.655. The number of rotatable bonds is 4. The van der Waals surface area contributed by atoms with Gasteiger partial charge in [-0.2, -0.15) is 4.39 Å². The van der Waals surface area contributed by atoms with Gasteiger partial charge in [-0.25, -0.2) is 27.3 Å². The predicted octanol–water partition coefficient (Wildman–Crippen LogP) is -2.21. The minimum absolute atomic E-state index is 0. The van der Waals surface area contributed by atoms with Crippen LogP contribution < -0.4 is 39.4 Å². The molecule has 0 radical (unpaired) electrons. The third-order valence-corrected chi connectivity index (χ3v) is 2.29. The van der Waals surface area contributed by atoms with Crippen LogP contribution in [0.2, 0.25) is 0 Å². The fraction of sp³-hybridized carbons (Fsp3) is 0.286. The SMILES string of the molecule is NS(=O)(=O)c1ncccc1OC(F)C(F)F.[H-].[Na+]. The number of pyridine rings is 1. The van der Waals surface area contributed by atoms with Gasteiger partial charge in [-0.3, -0.25) is 0 Å². The van der Waals surface area contributed by atoms with Gasteiger partial charge in [0.2, 0.25) is 5.03 Å². The maximum Gasteiger partial charge on any atom is 1.00 e. The molecule has 0 aromatic carbocycles. The first kappa shape index (κ1) is 16.6. The third kappa shape index (κ3) is 4.80. The molecule has 1 rings (SSSR count). The molecule has 1 aromatic heterocycles. The van der Waals surface area contributed by atoms with Crippen molar-refractivity contribution in [3.05, 3.63) is 18.3 Å². The Morgan fingerprint density at radius 1 is 1.41 bits per heavy atom. The van der Waals surface area contributed by atoms with Crippen LogP contribution in [0.4, 0.5) is 13.2 Å². The second kappa shape index (κ2) is 6.55. The second-order valence-electron chi connectivity index (χ2n) is 2.66. The molecule has 5 nitrogen and oxygen atoms in total. The van der Waals surface area contributed by atoms with Gasteiger partial charge in [0.15, 0.2) is 5.75 Å². The van der Waals surface area contributed by atoms with E-state index in [0.717, 1.165) is 12.3 Å². The van der Waals surface area contributed by atoms with E-state index in [1.165, 1.54) is 6.07 Å². The zero-order valence-electron chi connectivity index (χ0n) is 9.68. The van der Waals surface area contributed by atoms with Crippen molar-refractivity contribution in [3.8, 4) is 5.75 Å². The fourth-order valence-corrected chi connectivity index (χ4v) is 1.46.